The SMILES string of the molecule is CC1CCC(C(C)C)C(C(=N\O)/C(=N/O)C2CC(C)CCC2C(C)C)C1. The molecule has 0 radical (unpaired) electrons. The summed E-state index contributed by atoms with van der Waals surface area (Å²) in [4.78, 5) is 0. The normalized spacial score (nSPS) is 37.4. The lowest BCUT2D eigenvalue weighted by atomic mass is 9.63. The van der Waals surface area contributed by atoms with Gasteiger partial charge in [-0.2, -0.15) is 0 Å². The van der Waals surface area contributed by atoms with Crippen LogP contribution < -0.4 is 0 Å². The van der Waals surface area contributed by atoms with E-state index in [0.29, 0.717) is 46.9 Å². The van der Waals surface area contributed by atoms with Crippen LogP contribution in [0.15, 0.2) is 10.3 Å². The molecule has 2 N–H and O–H groups in total. The molecule has 0 aromatic carbocycles. The molecule has 26 heavy (non-hydrogen) atoms. The Morgan fingerprint density at radius 2 is 1.04 bits per heavy atom. The van der Waals surface area contributed by atoms with Gasteiger partial charge in [-0.15, -0.1) is 0 Å². The van der Waals surface area contributed by atoms with Crippen LogP contribution in [-0.2, 0) is 0 Å². The molecule has 4 heteroatoms. The molecule has 0 aliphatic heterocycles. The molecule has 0 saturated heterocycles. The third kappa shape index (κ3) is 4.61. The van der Waals surface area contributed by atoms with Crippen molar-refractivity contribution in [1.29, 1.82) is 0 Å². The Labute approximate surface area is 160 Å². The smallest absolute Gasteiger partial charge is 0.108 e. The monoisotopic (exact) mass is 364 g/mol. The summed E-state index contributed by atoms with van der Waals surface area (Å²) in [6.07, 6.45) is 6.84. The Morgan fingerprint density at radius 1 is 0.692 bits per heavy atom. The van der Waals surface area contributed by atoms with Gasteiger partial charge in [-0.1, -0.05) is 64.7 Å². The molecule has 0 bridgehead atoms. The maximum absolute atomic E-state index is 9.98. The lowest BCUT2D eigenvalue weighted by Crippen LogP contribution is -2.43. The second kappa shape index (κ2) is 9.23. The Morgan fingerprint density at radius 3 is 1.31 bits per heavy atom. The summed E-state index contributed by atoms with van der Waals surface area (Å²) in [7, 11) is 0. The van der Waals surface area contributed by atoms with Crippen molar-refractivity contribution in [2.45, 2.75) is 80.1 Å². The van der Waals surface area contributed by atoms with E-state index in [-0.39, 0.29) is 11.8 Å². The first kappa shape index (κ1) is 21.2. The van der Waals surface area contributed by atoms with Crippen LogP contribution in [0.5, 0.6) is 0 Å². The zero-order chi connectivity index (χ0) is 19.4. The minimum Gasteiger partial charge on any atom is -0.411 e. The number of hydrogen-bond acceptors (Lipinski definition) is 4. The Bertz CT molecular complexity index is 466. The third-order valence-electron chi connectivity index (χ3n) is 7.22. The summed E-state index contributed by atoms with van der Waals surface area (Å²) in [5.41, 5.74) is 1.34. The highest BCUT2D eigenvalue weighted by Gasteiger charge is 2.42. The molecule has 150 valence electrons. The first-order valence-corrected chi connectivity index (χ1v) is 10.7. The molecule has 2 aliphatic carbocycles. The zero-order valence-electron chi connectivity index (χ0n) is 17.7. The first-order chi connectivity index (χ1) is 12.3. The molecular weight excluding hydrogens is 324 g/mol. The Balaban J connectivity index is 2.35. The summed E-state index contributed by atoms with van der Waals surface area (Å²) in [5, 5.41) is 27.5. The van der Waals surface area contributed by atoms with Gasteiger partial charge in [-0.05, 0) is 61.2 Å². The fourth-order valence-electron chi connectivity index (χ4n) is 5.66. The van der Waals surface area contributed by atoms with E-state index in [2.05, 4.69) is 51.9 Å². The van der Waals surface area contributed by atoms with Gasteiger partial charge in [0.25, 0.3) is 0 Å². The van der Waals surface area contributed by atoms with Gasteiger partial charge in [0.2, 0.25) is 0 Å². The van der Waals surface area contributed by atoms with Gasteiger partial charge >= 0.3 is 0 Å². The molecule has 2 saturated carbocycles. The highest BCUT2D eigenvalue weighted by molar-refractivity contribution is 6.43. The first-order valence-electron chi connectivity index (χ1n) is 10.7. The molecule has 4 nitrogen and oxygen atoms in total. The summed E-state index contributed by atoms with van der Waals surface area (Å²) in [6.45, 7) is 13.6. The molecule has 0 amide bonds. The van der Waals surface area contributed by atoms with Crippen molar-refractivity contribution in [3.63, 3.8) is 0 Å². The summed E-state index contributed by atoms with van der Waals surface area (Å²) >= 11 is 0. The highest BCUT2D eigenvalue weighted by Crippen LogP contribution is 2.43. The van der Waals surface area contributed by atoms with E-state index in [0.717, 1.165) is 25.7 Å². The van der Waals surface area contributed by atoms with Gasteiger partial charge in [0.1, 0.15) is 11.4 Å². The van der Waals surface area contributed by atoms with Gasteiger partial charge in [0.05, 0.1) is 0 Å². The number of rotatable bonds is 5. The van der Waals surface area contributed by atoms with Gasteiger partial charge in [-0.25, -0.2) is 0 Å². The minimum absolute atomic E-state index is 0.194. The topological polar surface area (TPSA) is 65.2 Å². The average Bonchev–Trinajstić information content (AvgIpc) is 2.58. The van der Waals surface area contributed by atoms with Gasteiger partial charge in [0, 0.05) is 11.8 Å². The fourth-order valence-corrected chi connectivity index (χ4v) is 5.66. The van der Waals surface area contributed by atoms with Crippen molar-refractivity contribution < 1.29 is 10.4 Å². The predicted octanol–water partition coefficient (Wildman–Crippen LogP) is 6.06. The van der Waals surface area contributed by atoms with Crippen molar-refractivity contribution in [2.75, 3.05) is 0 Å². The standard InChI is InChI=1S/C22H40N2O2/c1-13(2)17-9-7-15(5)11-19(17)21(23-25)22(24-26)20-12-16(6)8-10-18(20)14(3)4/h13-20,25-26H,7-12H2,1-6H3/b23-21+,24-22+. The minimum atomic E-state index is 0.194. The van der Waals surface area contributed by atoms with Gasteiger partial charge < -0.3 is 10.4 Å². The maximum Gasteiger partial charge on any atom is 0.108 e. The molecular formula is C22H40N2O2. The molecule has 6 unspecified atom stereocenters. The number of oxime groups is 2. The molecule has 0 heterocycles. The second-order valence-electron chi connectivity index (χ2n) is 9.84. The van der Waals surface area contributed by atoms with E-state index < -0.39 is 0 Å². The van der Waals surface area contributed by atoms with Crippen LogP contribution in [0, 0.1) is 47.3 Å². The van der Waals surface area contributed by atoms with Crippen molar-refractivity contribution >= 4 is 11.4 Å². The fraction of sp³-hybridized carbons (Fsp3) is 0.909. The van der Waals surface area contributed by atoms with Crippen LogP contribution in [0.25, 0.3) is 0 Å². The Kier molecular flexibility index (Phi) is 7.54. The molecule has 2 aliphatic rings. The van der Waals surface area contributed by atoms with Crippen molar-refractivity contribution in [2.24, 2.45) is 57.7 Å². The van der Waals surface area contributed by atoms with E-state index >= 15 is 0 Å². The van der Waals surface area contributed by atoms with Crippen LogP contribution in [0.1, 0.15) is 80.1 Å². The number of nitrogens with zero attached hydrogens (tertiary/aromatic N) is 2. The third-order valence-corrected chi connectivity index (χ3v) is 7.22. The molecule has 6 atom stereocenters. The van der Waals surface area contributed by atoms with E-state index in [9.17, 15) is 10.4 Å². The van der Waals surface area contributed by atoms with E-state index in [1.54, 1.807) is 0 Å². The zero-order valence-corrected chi connectivity index (χ0v) is 17.7. The summed E-state index contributed by atoms with van der Waals surface area (Å²) in [5.74, 6) is 3.69. The molecule has 0 aromatic heterocycles. The van der Waals surface area contributed by atoms with Gasteiger partial charge in [-0.3, -0.25) is 0 Å². The number of hydrogen-bond donors (Lipinski definition) is 2. The Hall–Kier alpha value is -1.06. The summed E-state index contributed by atoms with van der Waals surface area (Å²) < 4.78 is 0. The van der Waals surface area contributed by atoms with Gasteiger partial charge in [0.15, 0.2) is 0 Å². The van der Waals surface area contributed by atoms with Crippen LogP contribution in [0.2, 0.25) is 0 Å². The molecule has 0 spiro atoms. The second-order valence-corrected chi connectivity index (χ2v) is 9.84. The lowest BCUT2D eigenvalue weighted by molar-refractivity contribution is 0.177. The maximum atomic E-state index is 9.98. The van der Waals surface area contributed by atoms with Crippen molar-refractivity contribution in [3.05, 3.63) is 0 Å². The van der Waals surface area contributed by atoms with Crippen LogP contribution in [-0.4, -0.2) is 21.8 Å². The van der Waals surface area contributed by atoms with Crippen molar-refractivity contribution in [1.82, 2.24) is 0 Å². The van der Waals surface area contributed by atoms with Crippen LogP contribution in [0.3, 0.4) is 0 Å². The molecule has 2 rings (SSSR count). The lowest BCUT2D eigenvalue weighted by Gasteiger charge is -2.41. The van der Waals surface area contributed by atoms with E-state index in [1.165, 1.54) is 12.8 Å². The van der Waals surface area contributed by atoms with E-state index in [4.69, 9.17) is 0 Å². The largest absolute Gasteiger partial charge is 0.411 e. The van der Waals surface area contributed by atoms with Crippen molar-refractivity contribution in [3.8, 4) is 0 Å². The highest BCUT2D eigenvalue weighted by atomic mass is 16.4. The van der Waals surface area contributed by atoms with Crippen LogP contribution >= 0.6 is 0 Å². The molecule has 2 fully saturated rings. The molecule has 0 aromatic rings. The summed E-state index contributed by atoms with van der Waals surface area (Å²) in [6, 6.07) is 0. The van der Waals surface area contributed by atoms with Crippen LogP contribution in [0.4, 0.5) is 0 Å². The quantitative estimate of drug-likeness (QED) is 0.353. The predicted molar refractivity (Wildman–Crippen MR) is 108 cm³/mol. The average molecular weight is 365 g/mol. The van der Waals surface area contributed by atoms with E-state index in [1.807, 2.05) is 0 Å².